The second kappa shape index (κ2) is 9.81. The summed E-state index contributed by atoms with van der Waals surface area (Å²) >= 11 is 0. The third-order valence-electron chi connectivity index (χ3n) is 4.63. The molecule has 0 amide bonds. The Morgan fingerprint density at radius 1 is 1.15 bits per heavy atom. The standard InChI is InChI=1S/C22H22N6O5/c1-13-5-3-4-6-16(13)24-22-26-19(25-21(23)27-22)10-30-20(29)11-33-28-14(2)15-7-8-17-18(9-15)32-12-31-17/h3-9H,10-12H2,1-2H3,(H3,23,24,25,26,27)/b28-14+. The number of nitrogens with two attached hydrogens (primary N) is 1. The van der Waals surface area contributed by atoms with E-state index in [1.54, 1.807) is 19.1 Å². The van der Waals surface area contributed by atoms with Crippen LogP contribution in [0.25, 0.3) is 0 Å². The van der Waals surface area contributed by atoms with Crippen LogP contribution < -0.4 is 20.5 Å². The number of nitrogen functional groups attached to an aromatic ring is 1. The average molecular weight is 450 g/mol. The Bertz CT molecular complexity index is 1200. The van der Waals surface area contributed by atoms with Crippen LogP contribution in [0.15, 0.2) is 47.6 Å². The number of oxime groups is 1. The SMILES string of the molecule is C/C(=N\OCC(=O)OCc1nc(N)nc(Nc2ccccc2C)n1)c1ccc2c(c1)OCO2. The molecule has 1 aromatic heterocycles. The molecule has 11 heteroatoms. The van der Waals surface area contributed by atoms with E-state index in [9.17, 15) is 4.79 Å². The highest BCUT2D eigenvalue weighted by Crippen LogP contribution is 2.32. The second-order valence-corrected chi connectivity index (χ2v) is 7.05. The van der Waals surface area contributed by atoms with Crippen molar-refractivity contribution in [3.63, 3.8) is 0 Å². The second-order valence-electron chi connectivity index (χ2n) is 7.05. The number of fused-ring (bicyclic) bond motifs is 1. The number of hydrogen-bond donors (Lipinski definition) is 2. The fourth-order valence-electron chi connectivity index (χ4n) is 2.93. The first kappa shape index (κ1) is 21.8. The molecule has 0 fully saturated rings. The van der Waals surface area contributed by atoms with Crippen molar-refractivity contribution in [1.82, 2.24) is 15.0 Å². The summed E-state index contributed by atoms with van der Waals surface area (Å²) in [6, 6.07) is 13.0. The minimum absolute atomic E-state index is 0.00679. The quantitative estimate of drug-likeness (QED) is 0.299. The molecule has 0 radical (unpaired) electrons. The number of carbonyl (C=O) groups is 1. The molecule has 0 saturated carbocycles. The molecular formula is C22H22N6O5. The number of para-hydroxylation sites is 1. The highest BCUT2D eigenvalue weighted by molar-refractivity contribution is 5.99. The number of hydrogen-bond acceptors (Lipinski definition) is 11. The number of nitrogens with one attached hydrogen (secondary N) is 1. The van der Waals surface area contributed by atoms with E-state index in [4.69, 9.17) is 24.8 Å². The normalized spacial score (nSPS) is 12.4. The van der Waals surface area contributed by atoms with E-state index >= 15 is 0 Å². The largest absolute Gasteiger partial charge is 0.455 e. The van der Waals surface area contributed by atoms with Gasteiger partial charge in [0.1, 0.15) is 0 Å². The summed E-state index contributed by atoms with van der Waals surface area (Å²) in [7, 11) is 0. The molecule has 2 heterocycles. The fraction of sp³-hybridized carbons (Fsp3) is 0.227. The Morgan fingerprint density at radius 2 is 1.97 bits per heavy atom. The molecule has 170 valence electrons. The number of anilines is 3. The van der Waals surface area contributed by atoms with Gasteiger partial charge < -0.3 is 30.1 Å². The van der Waals surface area contributed by atoms with Crippen LogP contribution in [0.3, 0.4) is 0 Å². The van der Waals surface area contributed by atoms with Gasteiger partial charge in [0.25, 0.3) is 0 Å². The van der Waals surface area contributed by atoms with Crippen molar-refractivity contribution in [3.05, 3.63) is 59.4 Å². The number of benzene rings is 2. The smallest absolute Gasteiger partial charge is 0.347 e. The topological polar surface area (TPSA) is 143 Å². The van der Waals surface area contributed by atoms with Crippen LogP contribution in [-0.4, -0.2) is 40.0 Å². The molecule has 4 rings (SSSR count). The molecule has 3 aromatic rings. The van der Waals surface area contributed by atoms with Crippen molar-refractivity contribution in [2.45, 2.75) is 20.5 Å². The van der Waals surface area contributed by atoms with E-state index in [1.165, 1.54) is 0 Å². The summed E-state index contributed by atoms with van der Waals surface area (Å²) in [6.45, 7) is 3.32. The minimum Gasteiger partial charge on any atom is -0.455 e. The highest BCUT2D eigenvalue weighted by Gasteiger charge is 2.14. The van der Waals surface area contributed by atoms with E-state index in [0.29, 0.717) is 17.2 Å². The Hall–Kier alpha value is -4.41. The van der Waals surface area contributed by atoms with Crippen LogP contribution >= 0.6 is 0 Å². The molecule has 0 bridgehead atoms. The summed E-state index contributed by atoms with van der Waals surface area (Å²) in [5.74, 6) is 1.13. The van der Waals surface area contributed by atoms with Crippen molar-refractivity contribution in [1.29, 1.82) is 0 Å². The number of esters is 1. The molecule has 1 aliphatic heterocycles. The van der Waals surface area contributed by atoms with Gasteiger partial charge in [0.2, 0.25) is 25.3 Å². The first-order valence-corrected chi connectivity index (χ1v) is 10.0. The summed E-state index contributed by atoms with van der Waals surface area (Å²) < 4.78 is 15.8. The predicted octanol–water partition coefficient (Wildman–Crippen LogP) is 2.72. The van der Waals surface area contributed by atoms with Crippen LogP contribution in [0.1, 0.15) is 23.9 Å². The van der Waals surface area contributed by atoms with Gasteiger partial charge in [-0.15, -0.1) is 0 Å². The monoisotopic (exact) mass is 450 g/mol. The molecule has 0 unspecified atom stereocenters. The lowest BCUT2D eigenvalue weighted by atomic mass is 10.1. The van der Waals surface area contributed by atoms with Crippen LogP contribution in [0, 0.1) is 6.92 Å². The van der Waals surface area contributed by atoms with Crippen LogP contribution in [0.5, 0.6) is 11.5 Å². The number of aryl methyl sites for hydroxylation is 1. The van der Waals surface area contributed by atoms with E-state index in [-0.39, 0.29) is 37.7 Å². The molecule has 0 spiro atoms. The number of aromatic nitrogens is 3. The zero-order chi connectivity index (χ0) is 23.2. The fourth-order valence-corrected chi connectivity index (χ4v) is 2.93. The van der Waals surface area contributed by atoms with Crippen molar-refractivity contribution in [3.8, 4) is 11.5 Å². The van der Waals surface area contributed by atoms with Crippen LogP contribution in [0.2, 0.25) is 0 Å². The molecule has 33 heavy (non-hydrogen) atoms. The maximum atomic E-state index is 12.0. The van der Waals surface area contributed by atoms with Gasteiger partial charge in [0, 0.05) is 11.3 Å². The Morgan fingerprint density at radius 3 is 2.82 bits per heavy atom. The summed E-state index contributed by atoms with van der Waals surface area (Å²) in [6.07, 6.45) is 0. The third-order valence-corrected chi connectivity index (χ3v) is 4.63. The molecular weight excluding hydrogens is 428 g/mol. The molecule has 1 aliphatic rings. The maximum absolute atomic E-state index is 12.0. The molecule has 2 aromatic carbocycles. The zero-order valence-electron chi connectivity index (χ0n) is 18.1. The van der Waals surface area contributed by atoms with Crippen molar-refractivity contribution in [2.75, 3.05) is 24.5 Å². The van der Waals surface area contributed by atoms with Gasteiger partial charge in [-0.25, -0.2) is 4.79 Å². The van der Waals surface area contributed by atoms with E-state index < -0.39 is 5.97 Å². The lowest BCUT2D eigenvalue weighted by Crippen LogP contribution is -2.14. The van der Waals surface area contributed by atoms with E-state index in [2.05, 4.69) is 25.4 Å². The number of rotatable bonds is 8. The van der Waals surface area contributed by atoms with Gasteiger partial charge in [0.05, 0.1) is 5.71 Å². The summed E-state index contributed by atoms with van der Waals surface area (Å²) in [5.41, 5.74) is 8.95. The van der Waals surface area contributed by atoms with Gasteiger partial charge in [0.15, 0.2) is 23.9 Å². The van der Waals surface area contributed by atoms with E-state index in [0.717, 1.165) is 16.8 Å². The minimum atomic E-state index is -0.635. The summed E-state index contributed by atoms with van der Waals surface area (Å²) in [5, 5.41) is 7.02. The van der Waals surface area contributed by atoms with Gasteiger partial charge in [-0.2, -0.15) is 15.0 Å². The van der Waals surface area contributed by atoms with Crippen molar-refractivity contribution < 1.29 is 23.8 Å². The first-order valence-electron chi connectivity index (χ1n) is 10.0. The van der Waals surface area contributed by atoms with Crippen molar-refractivity contribution >= 4 is 29.3 Å². The average Bonchev–Trinajstić information content (AvgIpc) is 3.27. The van der Waals surface area contributed by atoms with Gasteiger partial charge in [-0.3, -0.25) is 0 Å². The Labute approximate surface area is 189 Å². The van der Waals surface area contributed by atoms with Gasteiger partial charge in [-0.05, 0) is 43.7 Å². The molecule has 0 saturated heterocycles. The van der Waals surface area contributed by atoms with Crippen molar-refractivity contribution in [2.24, 2.45) is 5.16 Å². The third kappa shape index (κ3) is 5.64. The number of ether oxygens (including phenoxy) is 3. The number of nitrogens with zero attached hydrogens (tertiary/aromatic N) is 4. The van der Waals surface area contributed by atoms with E-state index in [1.807, 2.05) is 37.3 Å². The summed E-state index contributed by atoms with van der Waals surface area (Å²) in [4.78, 5) is 29.4. The van der Waals surface area contributed by atoms with Gasteiger partial charge >= 0.3 is 5.97 Å². The highest BCUT2D eigenvalue weighted by atomic mass is 16.7. The lowest BCUT2D eigenvalue weighted by molar-refractivity contribution is -0.150. The zero-order valence-corrected chi connectivity index (χ0v) is 18.1. The van der Waals surface area contributed by atoms with Crippen LogP contribution in [-0.2, 0) is 21.0 Å². The molecule has 3 N–H and O–H groups in total. The number of carbonyl (C=O) groups excluding carboxylic acids is 1. The van der Waals surface area contributed by atoms with Crippen LogP contribution in [0.4, 0.5) is 17.6 Å². The first-order chi connectivity index (χ1) is 16.0. The molecule has 0 aliphatic carbocycles. The molecule has 11 nitrogen and oxygen atoms in total. The van der Waals surface area contributed by atoms with Gasteiger partial charge in [-0.1, -0.05) is 23.4 Å². The Balaban J connectivity index is 1.29. The predicted molar refractivity (Wildman–Crippen MR) is 119 cm³/mol. The maximum Gasteiger partial charge on any atom is 0.347 e. The lowest BCUT2D eigenvalue weighted by Gasteiger charge is -2.09. The Kier molecular flexibility index (Phi) is 6.48. The molecule has 0 atom stereocenters.